The highest BCUT2D eigenvalue weighted by atomic mass is 16.5. The van der Waals surface area contributed by atoms with E-state index in [0.29, 0.717) is 0 Å². The van der Waals surface area contributed by atoms with E-state index < -0.39 is 0 Å². The first kappa shape index (κ1) is 13.3. The fraction of sp³-hybridized carbons (Fsp3) is 1.00. The van der Waals surface area contributed by atoms with Gasteiger partial charge in [0.1, 0.15) is 0 Å². The predicted molar refractivity (Wildman–Crippen MR) is 71.2 cm³/mol. The summed E-state index contributed by atoms with van der Waals surface area (Å²) in [7, 11) is 4.02. The first-order valence-corrected chi connectivity index (χ1v) is 7.17. The Labute approximate surface area is 106 Å². The molecule has 3 atom stereocenters. The molecule has 0 radical (unpaired) electrons. The summed E-state index contributed by atoms with van der Waals surface area (Å²) in [6, 6.07) is 0. The van der Waals surface area contributed by atoms with E-state index >= 15 is 0 Å². The molecule has 2 saturated carbocycles. The lowest BCUT2D eigenvalue weighted by atomic mass is 9.88. The highest BCUT2D eigenvalue weighted by Crippen LogP contribution is 2.48. The fourth-order valence-electron chi connectivity index (χ4n) is 3.66. The van der Waals surface area contributed by atoms with Gasteiger partial charge in [0.2, 0.25) is 0 Å². The van der Waals surface area contributed by atoms with Gasteiger partial charge in [0.15, 0.2) is 0 Å². The number of nitrogens with one attached hydrogen (secondary N) is 1. The lowest BCUT2D eigenvalue weighted by Gasteiger charge is -2.27. The van der Waals surface area contributed by atoms with Gasteiger partial charge in [-0.15, -0.1) is 0 Å². The Balaban J connectivity index is 1.53. The van der Waals surface area contributed by atoms with Crippen LogP contribution in [0, 0.1) is 17.8 Å². The molecule has 2 fully saturated rings. The Bertz CT molecular complexity index is 222. The molecule has 0 amide bonds. The summed E-state index contributed by atoms with van der Waals surface area (Å²) in [5.41, 5.74) is 0. The molecule has 0 spiro atoms. The standard InChI is InChI=1S/C14H28N2O/c1-16(7-5-15-6-8-17-2)11-14-10-12-3-4-13(14)9-12/h12-15H,3-11H2,1-2H3. The number of hydrogen-bond acceptors (Lipinski definition) is 3. The Kier molecular flexibility index (Phi) is 5.26. The van der Waals surface area contributed by atoms with Gasteiger partial charge in [0.25, 0.3) is 0 Å². The number of hydrogen-bond donors (Lipinski definition) is 1. The maximum atomic E-state index is 5.01. The van der Waals surface area contributed by atoms with Gasteiger partial charge >= 0.3 is 0 Å². The van der Waals surface area contributed by atoms with E-state index in [4.69, 9.17) is 4.74 Å². The van der Waals surface area contributed by atoms with E-state index in [1.807, 2.05) is 0 Å². The molecule has 0 aliphatic heterocycles. The number of likely N-dealkylation sites (N-methyl/N-ethyl adjacent to an activating group) is 1. The monoisotopic (exact) mass is 240 g/mol. The van der Waals surface area contributed by atoms with Crippen LogP contribution >= 0.6 is 0 Å². The normalized spacial score (nSPS) is 31.6. The summed E-state index contributed by atoms with van der Waals surface area (Å²) in [4.78, 5) is 2.51. The molecule has 2 aliphatic carbocycles. The van der Waals surface area contributed by atoms with Gasteiger partial charge in [-0.05, 0) is 44.1 Å². The minimum absolute atomic E-state index is 0.816. The zero-order valence-electron chi connectivity index (χ0n) is 11.5. The third kappa shape index (κ3) is 3.94. The van der Waals surface area contributed by atoms with E-state index in [1.165, 1.54) is 32.2 Å². The zero-order chi connectivity index (χ0) is 12.1. The van der Waals surface area contributed by atoms with Crippen LogP contribution in [0.2, 0.25) is 0 Å². The van der Waals surface area contributed by atoms with Gasteiger partial charge < -0.3 is 15.0 Å². The minimum atomic E-state index is 0.816. The fourth-order valence-corrected chi connectivity index (χ4v) is 3.66. The number of methoxy groups -OCH3 is 1. The molecule has 0 saturated heterocycles. The minimum Gasteiger partial charge on any atom is -0.383 e. The largest absolute Gasteiger partial charge is 0.383 e. The van der Waals surface area contributed by atoms with E-state index in [9.17, 15) is 0 Å². The van der Waals surface area contributed by atoms with Crippen molar-refractivity contribution in [2.75, 3.05) is 46.9 Å². The smallest absolute Gasteiger partial charge is 0.0587 e. The van der Waals surface area contributed by atoms with Gasteiger partial charge in [0.05, 0.1) is 6.61 Å². The molecule has 2 rings (SSSR count). The van der Waals surface area contributed by atoms with Crippen molar-refractivity contribution >= 4 is 0 Å². The van der Waals surface area contributed by atoms with Gasteiger partial charge in [-0.1, -0.05) is 6.42 Å². The van der Waals surface area contributed by atoms with Crippen molar-refractivity contribution in [2.24, 2.45) is 17.8 Å². The summed E-state index contributed by atoms with van der Waals surface area (Å²) in [5.74, 6) is 3.14. The SMILES string of the molecule is COCCNCCN(C)CC1CC2CCC1C2. The predicted octanol–water partition coefficient (Wildman–Crippen LogP) is 1.59. The quantitative estimate of drug-likeness (QED) is 0.652. The lowest BCUT2D eigenvalue weighted by molar-refractivity contribution is 0.193. The molecule has 2 aliphatic rings. The van der Waals surface area contributed by atoms with Gasteiger partial charge in [-0.25, -0.2) is 0 Å². The average molecular weight is 240 g/mol. The molecular weight excluding hydrogens is 212 g/mol. The summed E-state index contributed by atoms with van der Waals surface area (Å²) < 4.78 is 5.01. The Morgan fingerprint density at radius 2 is 2.12 bits per heavy atom. The average Bonchev–Trinajstić information content (AvgIpc) is 2.90. The topological polar surface area (TPSA) is 24.5 Å². The zero-order valence-corrected chi connectivity index (χ0v) is 11.5. The second-order valence-corrected chi connectivity index (χ2v) is 5.94. The molecule has 0 heterocycles. The molecule has 1 N–H and O–H groups in total. The molecule has 0 aromatic heterocycles. The Hall–Kier alpha value is -0.120. The van der Waals surface area contributed by atoms with Gasteiger partial charge in [0, 0.05) is 33.3 Å². The third-order valence-electron chi connectivity index (χ3n) is 4.58. The van der Waals surface area contributed by atoms with Crippen LogP contribution in [0.15, 0.2) is 0 Å². The first-order valence-electron chi connectivity index (χ1n) is 7.17. The summed E-state index contributed by atoms with van der Waals surface area (Å²) in [5, 5.41) is 3.41. The van der Waals surface area contributed by atoms with Gasteiger partial charge in [-0.2, -0.15) is 0 Å². The number of fused-ring (bicyclic) bond motifs is 2. The maximum Gasteiger partial charge on any atom is 0.0587 e. The van der Waals surface area contributed by atoms with Crippen LogP contribution in [0.5, 0.6) is 0 Å². The maximum absolute atomic E-state index is 5.01. The molecular formula is C14H28N2O. The Morgan fingerprint density at radius 1 is 1.24 bits per heavy atom. The van der Waals surface area contributed by atoms with Crippen molar-refractivity contribution in [3.8, 4) is 0 Å². The number of nitrogens with zero attached hydrogens (tertiary/aromatic N) is 1. The molecule has 17 heavy (non-hydrogen) atoms. The van der Waals surface area contributed by atoms with Crippen molar-refractivity contribution in [2.45, 2.75) is 25.7 Å². The molecule has 100 valence electrons. The molecule has 2 bridgehead atoms. The number of rotatable bonds is 8. The van der Waals surface area contributed by atoms with Crippen LogP contribution in [0.4, 0.5) is 0 Å². The summed E-state index contributed by atoms with van der Waals surface area (Å²) >= 11 is 0. The van der Waals surface area contributed by atoms with E-state index in [-0.39, 0.29) is 0 Å². The number of ether oxygens (including phenoxy) is 1. The van der Waals surface area contributed by atoms with E-state index in [0.717, 1.165) is 44.0 Å². The van der Waals surface area contributed by atoms with Crippen LogP contribution in [-0.2, 0) is 4.74 Å². The highest BCUT2D eigenvalue weighted by molar-refractivity contribution is 4.90. The van der Waals surface area contributed by atoms with Crippen molar-refractivity contribution in [1.82, 2.24) is 10.2 Å². The van der Waals surface area contributed by atoms with Crippen LogP contribution in [0.1, 0.15) is 25.7 Å². The van der Waals surface area contributed by atoms with Crippen LogP contribution in [-0.4, -0.2) is 51.8 Å². The van der Waals surface area contributed by atoms with Crippen LogP contribution in [0.3, 0.4) is 0 Å². The molecule has 0 aromatic rings. The first-order chi connectivity index (χ1) is 8.29. The van der Waals surface area contributed by atoms with E-state index in [2.05, 4.69) is 17.3 Å². The molecule has 0 aromatic carbocycles. The lowest BCUT2D eigenvalue weighted by Crippen LogP contribution is -2.35. The second kappa shape index (κ2) is 6.72. The third-order valence-corrected chi connectivity index (χ3v) is 4.58. The van der Waals surface area contributed by atoms with Crippen molar-refractivity contribution in [3.05, 3.63) is 0 Å². The van der Waals surface area contributed by atoms with Crippen molar-refractivity contribution in [1.29, 1.82) is 0 Å². The summed E-state index contributed by atoms with van der Waals surface area (Å²) in [6.07, 6.45) is 6.06. The molecule has 3 nitrogen and oxygen atoms in total. The second-order valence-electron chi connectivity index (χ2n) is 5.94. The van der Waals surface area contributed by atoms with Crippen molar-refractivity contribution < 1.29 is 4.74 Å². The highest BCUT2D eigenvalue weighted by Gasteiger charge is 2.39. The van der Waals surface area contributed by atoms with Crippen LogP contribution in [0.25, 0.3) is 0 Å². The molecule has 3 unspecified atom stereocenters. The van der Waals surface area contributed by atoms with Crippen LogP contribution < -0.4 is 5.32 Å². The Morgan fingerprint density at radius 3 is 2.76 bits per heavy atom. The van der Waals surface area contributed by atoms with E-state index in [1.54, 1.807) is 7.11 Å². The van der Waals surface area contributed by atoms with Gasteiger partial charge in [-0.3, -0.25) is 0 Å². The summed E-state index contributed by atoms with van der Waals surface area (Å²) in [6.45, 7) is 5.35. The molecule has 3 heteroatoms. The van der Waals surface area contributed by atoms with Crippen molar-refractivity contribution in [3.63, 3.8) is 0 Å².